The Morgan fingerprint density at radius 1 is 1.11 bits per heavy atom. The molecule has 6 heteroatoms. The third-order valence-electron chi connectivity index (χ3n) is 2.45. The highest BCUT2D eigenvalue weighted by Gasteiger charge is 2.14. The van der Waals surface area contributed by atoms with Gasteiger partial charge in [0.2, 0.25) is 11.7 Å². The fraction of sp³-hybridized carbons (Fsp3) is 0.250. The number of rotatable bonds is 3. The third-order valence-corrected chi connectivity index (χ3v) is 3.56. The molecule has 3 heterocycles. The molecule has 0 fully saturated rings. The van der Waals surface area contributed by atoms with Crippen LogP contribution in [-0.4, -0.2) is 15.3 Å². The van der Waals surface area contributed by atoms with Crippen molar-refractivity contribution in [3.05, 3.63) is 30.4 Å². The van der Waals surface area contributed by atoms with Gasteiger partial charge in [-0.15, -0.1) is 11.3 Å². The van der Waals surface area contributed by atoms with Gasteiger partial charge < -0.3 is 9.05 Å². The van der Waals surface area contributed by atoms with E-state index in [-0.39, 0.29) is 5.92 Å². The second-order valence-electron chi connectivity index (χ2n) is 4.16. The number of aromatic nitrogens is 3. The summed E-state index contributed by atoms with van der Waals surface area (Å²) in [4.78, 5) is 6.35. The number of thiophene rings is 1. The lowest BCUT2D eigenvalue weighted by Gasteiger charge is -1.91. The van der Waals surface area contributed by atoms with E-state index in [2.05, 4.69) is 15.3 Å². The van der Waals surface area contributed by atoms with Gasteiger partial charge in [-0.2, -0.15) is 4.98 Å². The molecule has 0 aliphatic carbocycles. The first-order valence-corrected chi connectivity index (χ1v) is 6.40. The SMILES string of the molecule is CC(C)c1nc(-c2ccc(-c3ccon3)s2)no1. The van der Waals surface area contributed by atoms with Crippen LogP contribution in [0.1, 0.15) is 25.7 Å². The van der Waals surface area contributed by atoms with E-state index in [1.54, 1.807) is 17.6 Å². The Balaban J connectivity index is 1.93. The fourth-order valence-corrected chi connectivity index (χ4v) is 2.40. The lowest BCUT2D eigenvalue weighted by Crippen LogP contribution is -1.85. The van der Waals surface area contributed by atoms with Crippen molar-refractivity contribution in [1.82, 2.24) is 15.3 Å². The summed E-state index contributed by atoms with van der Waals surface area (Å²) in [6, 6.07) is 5.76. The van der Waals surface area contributed by atoms with E-state index in [0.29, 0.717) is 11.7 Å². The maximum absolute atomic E-state index is 5.19. The van der Waals surface area contributed by atoms with Crippen LogP contribution in [0.3, 0.4) is 0 Å². The summed E-state index contributed by atoms with van der Waals surface area (Å²) in [5.41, 5.74) is 0.818. The van der Waals surface area contributed by atoms with Gasteiger partial charge in [-0.25, -0.2) is 0 Å². The maximum Gasteiger partial charge on any atom is 0.229 e. The van der Waals surface area contributed by atoms with Gasteiger partial charge in [-0.3, -0.25) is 0 Å². The Morgan fingerprint density at radius 3 is 2.61 bits per heavy atom. The van der Waals surface area contributed by atoms with Gasteiger partial charge >= 0.3 is 0 Å². The highest BCUT2D eigenvalue weighted by Crippen LogP contribution is 2.32. The molecule has 0 radical (unpaired) electrons. The maximum atomic E-state index is 5.19. The highest BCUT2D eigenvalue weighted by atomic mass is 32.1. The predicted molar refractivity (Wildman–Crippen MR) is 67.2 cm³/mol. The Hall–Kier alpha value is -1.95. The van der Waals surface area contributed by atoms with Crippen molar-refractivity contribution < 1.29 is 9.05 Å². The number of nitrogens with zero attached hydrogens (tertiary/aromatic N) is 3. The minimum absolute atomic E-state index is 0.237. The standard InChI is InChI=1S/C12H11N3O2S/c1-7(2)12-13-11(15-17-12)10-4-3-9(18-10)8-5-6-16-14-8/h3-7H,1-2H3. The van der Waals surface area contributed by atoms with Crippen molar-refractivity contribution in [2.24, 2.45) is 0 Å². The number of hydrogen-bond acceptors (Lipinski definition) is 6. The van der Waals surface area contributed by atoms with E-state index < -0.39 is 0 Å². The quantitative estimate of drug-likeness (QED) is 0.721. The van der Waals surface area contributed by atoms with Crippen molar-refractivity contribution in [3.8, 4) is 21.3 Å². The van der Waals surface area contributed by atoms with E-state index in [9.17, 15) is 0 Å². The molecule has 0 saturated carbocycles. The summed E-state index contributed by atoms with van der Waals surface area (Å²) in [6.45, 7) is 4.04. The zero-order valence-electron chi connectivity index (χ0n) is 9.95. The molecule has 0 atom stereocenters. The number of hydrogen-bond donors (Lipinski definition) is 0. The monoisotopic (exact) mass is 261 g/mol. The van der Waals surface area contributed by atoms with Gasteiger partial charge in [0.25, 0.3) is 0 Å². The molecule has 18 heavy (non-hydrogen) atoms. The molecule has 0 unspecified atom stereocenters. The van der Waals surface area contributed by atoms with Gasteiger partial charge in [0.05, 0.1) is 9.75 Å². The first-order chi connectivity index (χ1) is 8.74. The van der Waals surface area contributed by atoms with Gasteiger partial charge in [0.1, 0.15) is 12.0 Å². The topological polar surface area (TPSA) is 65.0 Å². The Kier molecular flexibility index (Phi) is 2.71. The largest absolute Gasteiger partial charge is 0.364 e. The molecule has 0 aliphatic rings. The van der Waals surface area contributed by atoms with Crippen LogP contribution in [0.2, 0.25) is 0 Å². The van der Waals surface area contributed by atoms with E-state index in [4.69, 9.17) is 9.05 Å². The van der Waals surface area contributed by atoms with Crippen LogP contribution in [0.25, 0.3) is 21.3 Å². The van der Waals surface area contributed by atoms with E-state index in [1.165, 1.54) is 0 Å². The average Bonchev–Trinajstić information content (AvgIpc) is 3.10. The van der Waals surface area contributed by atoms with Crippen molar-refractivity contribution >= 4 is 11.3 Å². The van der Waals surface area contributed by atoms with E-state index in [1.807, 2.05) is 32.0 Å². The van der Waals surface area contributed by atoms with Gasteiger partial charge in [-0.1, -0.05) is 24.2 Å². The first kappa shape index (κ1) is 11.2. The summed E-state index contributed by atoms with van der Waals surface area (Å²) in [5.74, 6) is 1.51. The van der Waals surface area contributed by atoms with Gasteiger partial charge in [0.15, 0.2) is 0 Å². The highest BCUT2D eigenvalue weighted by molar-refractivity contribution is 7.18. The summed E-state index contributed by atoms with van der Waals surface area (Å²) in [6.07, 6.45) is 1.56. The van der Waals surface area contributed by atoms with E-state index in [0.717, 1.165) is 15.4 Å². The molecular weight excluding hydrogens is 250 g/mol. The molecule has 3 aromatic rings. The van der Waals surface area contributed by atoms with Crippen molar-refractivity contribution in [2.75, 3.05) is 0 Å². The van der Waals surface area contributed by atoms with Crippen molar-refractivity contribution in [1.29, 1.82) is 0 Å². The minimum atomic E-state index is 0.237. The van der Waals surface area contributed by atoms with Gasteiger partial charge in [0, 0.05) is 12.0 Å². The summed E-state index contributed by atoms with van der Waals surface area (Å²) >= 11 is 1.56. The summed E-state index contributed by atoms with van der Waals surface area (Å²) in [7, 11) is 0. The van der Waals surface area contributed by atoms with Crippen molar-refractivity contribution in [2.45, 2.75) is 19.8 Å². The molecule has 0 saturated heterocycles. The lowest BCUT2D eigenvalue weighted by atomic mass is 10.2. The van der Waals surface area contributed by atoms with Crippen LogP contribution in [0.5, 0.6) is 0 Å². The molecule has 0 spiro atoms. The van der Waals surface area contributed by atoms with Crippen LogP contribution in [0.4, 0.5) is 0 Å². The van der Waals surface area contributed by atoms with Crippen LogP contribution in [0, 0.1) is 0 Å². The minimum Gasteiger partial charge on any atom is -0.364 e. The zero-order valence-corrected chi connectivity index (χ0v) is 10.8. The molecule has 5 nitrogen and oxygen atoms in total. The molecular formula is C12H11N3O2S. The molecule has 3 rings (SSSR count). The van der Waals surface area contributed by atoms with Crippen molar-refractivity contribution in [3.63, 3.8) is 0 Å². The molecule has 0 aliphatic heterocycles. The van der Waals surface area contributed by atoms with Crippen LogP contribution < -0.4 is 0 Å². The van der Waals surface area contributed by atoms with Gasteiger partial charge in [-0.05, 0) is 12.1 Å². The summed E-state index contributed by atoms with van der Waals surface area (Å²) < 4.78 is 10.0. The van der Waals surface area contributed by atoms with Crippen LogP contribution >= 0.6 is 11.3 Å². The first-order valence-electron chi connectivity index (χ1n) is 5.58. The zero-order chi connectivity index (χ0) is 12.5. The summed E-state index contributed by atoms with van der Waals surface area (Å²) in [5, 5.41) is 7.88. The third kappa shape index (κ3) is 1.95. The smallest absolute Gasteiger partial charge is 0.229 e. The predicted octanol–water partition coefficient (Wildman–Crippen LogP) is 3.58. The molecule has 3 aromatic heterocycles. The Bertz CT molecular complexity index is 640. The molecule has 0 N–H and O–H groups in total. The van der Waals surface area contributed by atoms with E-state index >= 15 is 0 Å². The average molecular weight is 261 g/mol. The Morgan fingerprint density at radius 2 is 1.94 bits per heavy atom. The lowest BCUT2D eigenvalue weighted by molar-refractivity contribution is 0.366. The fourth-order valence-electron chi connectivity index (χ4n) is 1.51. The second-order valence-corrected chi connectivity index (χ2v) is 5.24. The normalized spacial score (nSPS) is 11.3. The molecule has 0 bridgehead atoms. The molecule has 92 valence electrons. The Labute approximate surface area is 107 Å². The molecule has 0 amide bonds. The second kappa shape index (κ2) is 4.38. The van der Waals surface area contributed by atoms with Crippen LogP contribution in [-0.2, 0) is 0 Å². The van der Waals surface area contributed by atoms with Crippen LogP contribution in [0.15, 0.2) is 33.5 Å². The molecule has 0 aromatic carbocycles.